The zero-order valence-electron chi connectivity index (χ0n) is 19.5. The molecule has 2 heterocycles. The second kappa shape index (κ2) is 12.5. The fourth-order valence-corrected chi connectivity index (χ4v) is 3.47. The molecule has 0 bridgehead atoms. The van der Waals surface area contributed by atoms with Gasteiger partial charge in [0.2, 0.25) is 6.79 Å². The van der Waals surface area contributed by atoms with Gasteiger partial charge >= 0.3 is 65.1 Å². The third kappa shape index (κ3) is 6.81. The number of ether oxygens (including phenoxy) is 2. The molecule has 170 valence electrons. The van der Waals surface area contributed by atoms with E-state index >= 15 is 0 Å². The Balaban J connectivity index is 0.00000216. The Morgan fingerprint density at radius 1 is 1.06 bits per heavy atom. The molecule has 1 aliphatic rings. The maximum absolute atomic E-state index is 12.5. The average molecular weight is 495 g/mol. The number of urea groups is 1. The number of pyridine rings is 1. The zero-order valence-corrected chi connectivity index (χ0v) is 23.5. The number of amides is 2. The minimum atomic E-state index is -1.38. The third-order valence-electron chi connectivity index (χ3n) is 5.14. The van der Waals surface area contributed by atoms with Crippen molar-refractivity contribution < 1.29 is 88.4 Å². The first kappa shape index (κ1) is 28.8. The summed E-state index contributed by atoms with van der Waals surface area (Å²) in [5.41, 5.74) is 0.946. The zero-order chi connectivity index (χ0) is 23.5. The van der Waals surface area contributed by atoms with Gasteiger partial charge in [-0.05, 0) is 34.9 Å². The number of hydrogen-bond donors (Lipinski definition) is 2. The molecule has 0 unspecified atom stereocenters. The normalized spacial score (nSPS) is 12.0. The molecule has 2 amide bonds. The predicted octanol–water partition coefficient (Wildman–Crippen LogP) is -5.13. The number of rotatable bonds is 6. The molecule has 0 spiro atoms. The van der Waals surface area contributed by atoms with E-state index in [0.717, 1.165) is 21.8 Å². The summed E-state index contributed by atoms with van der Waals surface area (Å²) in [6.07, 6.45) is 0.767. The Hall–Kier alpha value is -2.47. The topological polar surface area (TPSA) is 145 Å². The molecule has 12 heteroatoms. The van der Waals surface area contributed by atoms with Gasteiger partial charge in [-0.1, -0.05) is 36.1 Å². The van der Waals surface area contributed by atoms with Gasteiger partial charge in [0.15, 0.2) is 11.5 Å². The molecule has 1 atom stereocenters. The van der Waals surface area contributed by atoms with Crippen molar-refractivity contribution in [3.05, 3.63) is 70.6 Å². The number of hydrogen-bond acceptors (Lipinski definition) is 7. The van der Waals surface area contributed by atoms with E-state index in [-0.39, 0.29) is 65.9 Å². The minimum absolute atomic E-state index is 0. The van der Waals surface area contributed by atoms with Crippen molar-refractivity contribution in [2.45, 2.75) is 12.5 Å². The van der Waals surface area contributed by atoms with Crippen molar-refractivity contribution >= 4 is 17.7 Å². The molecule has 10 nitrogen and oxygen atoms in total. The van der Waals surface area contributed by atoms with Gasteiger partial charge in [-0.2, -0.15) is 0 Å². The quantitative estimate of drug-likeness (QED) is 0.326. The summed E-state index contributed by atoms with van der Waals surface area (Å²) in [4.78, 5) is 36.0. The Morgan fingerprint density at radius 3 is 2.51 bits per heavy atom. The van der Waals surface area contributed by atoms with Crippen molar-refractivity contribution in [2.75, 3.05) is 12.1 Å². The predicted molar refractivity (Wildman–Crippen MR) is 114 cm³/mol. The Kier molecular flexibility index (Phi) is 10.3. The van der Waals surface area contributed by atoms with Crippen LogP contribution in [0.1, 0.15) is 18.0 Å². The largest absolute Gasteiger partial charge is 1.00 e. The van der Waals surface area contributed by atoms with Crippen molar-refractivity contribution in [1.29, 1.82) is 0 Å². The molecule has 2 aromatic carbocycles. The molecule has 3 aromatic rings. The van der Waals surface area contributed by atoms with Crippen LogP contribution in [0.5, 0.6) is 17.2 Å². The molecule has 0 saturated carbocycles. The summed E-state index contributed by atoms with van der Waals surface area (Å²) in [6, 6.07) is 11.6. The van der Waals surface area contributed by atoms with Crippen LogP contribution in [0.3, 0.4) is 0 Å². The molecule has 0 saturated heterocycles. The van der Waals surface area contributed by atoms with Gasteiger partial charge in [-0.3, -0.25) is 4.79 Å². The molecular formula is C23H19N3Na2O7. The first-order chi connectivity index (χ1) is 15.8. The van der Waals surface area contributed by atoms with Crippen LogP contribution in [-0.2, 0) is 11.8 Å². The number of anilines is 1. The number of benzene rings is 2. The van der Waals surface area contributed by atoms with Gasteiger partial charge in [-0.15, -0.1) is 0 Å². The summed E-state index contributed by atoms with van der Waals surface area (Å²) in [5.74, 6) is -0.809. The Labute approximate surface area is 244 Å². The van der Waals surface area contributed by atoms with E-state index in [2.05, 4.69) is 10.6 Å². The number of carbonyl (C=O) groups is 2. The molecule has 1 aliphatic heterocycles. The van der Waals surface area contributed by atoms with E-state index < -0.39 is 41.5 Å². The van der Waals surface area contributed by atoms with Gasteiger partial charge in [0.05, 0.1) is 6.04 Å². The van der Waals surface area contributed by atoms with Crippen LogP contribution >= 0.6 is 0 Å². The van der Waals surface area contributed by atoms with Crippen molar-refractivity contribution in [2.24, 2.45) is 7.05 Å². The first-order valence-electron chi connectivity index (χ1n) is 9.96. The minimum Gasteiger partial charge on any atom is -0.871 e. The monoisotopic (exact) mass is 495 g/mol. The van der Waals surface area contributed by atoms with Crippen LogP contribution < -0.4 is 95.0 Å². The standard InChI is InChI=1S/C23H21N3O7.2Na/c1-26-8-7-17(27)21(22(26)30)25-23(31)24-16(11-20(28)29)15-4-2-3-13(9-15)14-5-6-18-19(10-14)33-12-32-18;;/h2-10,16,27H,11-12H2,1H3,(H,28,29)(H2,24,25,31);;/q;2*+1/p-2/t16-;;/m0../s1. The van der Waals surface area contributed by atoms with Crippen molar-refractivity contribution in [3.63, 3.8) is 0 Å². The molecule has 4 rings (SSSR count). The van der Waals surface area contributed by atoms with E-state index in [1.807, 2.05) is 12.1 Å². The molecule has 0 fully saturated rings. The van der Waals surface area contributed by atoms with Crippen LogP contribution in [-0.4, -0.2) is 23.4 Å². The smallest absolute Gasteiger partial charge is 0.871 e. The first-order valence-corrected chi connectivity index (χ1v) is 9.96. The Morgan fingerprint density at radius 2 is 1.77 bits per heavy atom. The summed E-state index contributed by atoms with van der Waals surface area (Å²) < 4.78 is 11.9. The van der Waals surface area contributed by atoms with Crippen LogP contribution in [0.4, 0.5) is 10.5 Å². The summed E-state index contributed by atoms with van der Waals surface area (Å²) in [5, 5.41) is 28.0. The summed E-state index contributed by atoms with van der Waals surface area (Å²) in [7, 11) is 1.44. The van der Waals surface area contributed by atoms with E-state index in [1.54, 1.807) is 30.3 Å². The van der Waals surface area contributed by atoms with Crippen LogP contribution in [0.15, 0.2) is 59.5 Å². The van der Waals surface area contributed by atoms with Gasteiger partial charge in [-0.25, -0.2) is 4.79 Å². The number of carboxylic acid groups (broad SMARTS) is 1. The summed E-state index contributed by atoms with van der Waals surface area (Å²) >= 11 is 0. The van der Waals surface area contributed by atoms with Gasteiger partial charge in [0.25, 0.3) is 5.56 Å². The second-order valence-electron chi connectivity index (χ2n) is 7.39. The maximum atomic E-state index is 12.5. The van der Waals surface area contributed by atoms with E-state index in [1.165, 1.54) is 13.2 Å². The molecular weight excluding hydrogens is 476 g/mol. The molecule has 1 aromatic heterocycles. The van der Waals surface area contributed by atoms with Crippen LogP contribution in [0.2, 0.25) is 0 Å². The fourth-order valence-electron chi connectivity index (χ4n) is 3.47. The van der Waals surface area contributed by atoms with Gasteiger partial charge in [0, 0.05) is 25.6 Å². The molecule has 2 N–H and O–H groups in total. The van der Waals surface area contributed by atoms with Crippen LogP contribution in [0, 0.1) is 0 Å². The van der Waals surface area contributed by atoms with Crippen LogP contribution in [0.25, 0.3) is 11.1 Å². The fraction of sp³-hybridized carbons (Fsp3) is 0.174. The maximum Gasteiger partial charge on any atom is 1.00 e. The van der Waals surface area contributed by atoms with E-state index in [4.69, 9.17) is 9.47 Å². The van der Waals surface area contributed by atoms with Gasteiger partial charge in [0.1, 0.15) is 5.69 Å². The number of aromatic nitrogens is 1. The third-order valence-corrected chi connectivity index (χ3v) is 5.14. The summed E-state index contributed by atoms with van der Waals surface area (Å²) in [6.45, 7) is 0.140. The SMILES string of the molecule is Cn1ccc([O-])c(NC(=O)N[C@@H](CC(=O)[O-])c2cccc(-c3ccc4c(c3)OCO4)c2)c1=O.[Na+].[Na+]. The average Bonchev–Trinajstić information content (AvgIpc) is 3.26. The van der Waals surface area contributed by atoms with Crippen molar-refractivity contribution in [3.8, 4) is 28.4 Å². The number of nitrogens with one attached hydrogen (secondary N) is 2. The number of fused-ring (bicyclic) bond motifs is 1. The molecule has 35 heavy (non-hydrogen) atoms. The van der Waals surface area contributed by atoms with E-state index in [0.29, 0.717) is 17.1 Å². The Bertz CT molecular complexity index is 1300. The number of carboxylic acids is 1. The van der Waals surface area contributed by atoms with E-state index in [9.17, 15) is 24.6 Å². The number of aryl methyl sites for hydroxylation is 1. The molecule has 0 radical (unpaired) electrons. The van der Waals surface area contributed by atoms with Crippen molar-refractivity contribution in [1.82, 2.24) is 9.88 Å². The second-order valence-corrected chi connectivity index (χ2v) is 7.39. The number of aliphatic carboxylic acids is 1. The van der Waals surface area contributed by atoms with Gasteiger partial charge < -0.3 is 39.7 Å². The number of carbonyl (C=O) groups excluding carboxylic acids is 2. The number of nitrogens with zero attached hydrogens (tertiary/aromatic N) is 1. The molecule has 0 aliphatic carbocycles.